The van der Waals surface area contributed by atoms with Gasteiger partial charge in [0.05, 0.1) is 31.6 Å². The minimum atomic E-state index is 0.181. The summed E-state index contributed by atoms with van der Waals surface area (Å²) < 4.78 is 8.02. The van der Waals surface area contributed by atoms with Gasteiger partial charge in [-0.3, -0.25) is 4.79 Å². The number of nitrogens with zero attached hydrogens (tertiary/aromatic N) is 3. The van der Waals surface area contributed by atoms with E-state index in [1.165, 1.54) is 18.5 Å². The molecule has 0 radical (unpaired) electrons. The number of ether oxygens (including phenoxy) is 1. The molecule has 2 aromatic heterocycles. The lowest BCUT2D eigenvalue weighted by atomic mass is 9.98. The summed E-state index contributed by atoms with van der Waals surface area (Å²) in [6.45, 7) is 2.86. The van der Waals surface area contributed by atoms with Crippen molar-refractivity contribution >= 4 is 17.2 Å². The second-order valence-electron chi connectivity index (χ2n) is 6.90. The first-order valence-electron chi connectivity index (χ1n) is 8.58. The number of rotatable bonds is 6. The van der Waals surface area contributed by atoms with E-state index >= 15 is 0 Å². The second kappa shape index (κ2) is 6.69. The smallest absolute Gasteiger partial charge is 0.228 e. The Morgan fingerprint density at radius 2 is 2.29 bits per heavy atom. The monoisotopic (exact) mass is 345 g/mol. The molecule has 24 heavy (non-hydrogen) atoms. The van der Waals surface area contributed by atoms with Crippen molar-refractivity contribution in [2.24, 2.45) is 13.0 Å². The van der Waals surface area contributed by atoms with Gasteiger partial charge in [-0.05, 0) is 30.2 Å². The zero-order chi connectivity index (χ0) is 16.5. The molecule has 2 aliphatic rings. The van der Waals surface area contributed by atoms with E-state index < -0.39 is 0 Å². The predicted octanol–water partition coefficient (Wildman–Crippen LogP) is 2.58. The van der Waals surface area contributed by atoms with Crippen LogP contribution in [0.5, 0.6) is 0 Å². The Bertz CT molecular complexity index is 706. The van der Waals surface area contributed by atoms with Crippen LogP contribution in [0.2, 0.25) is 0 Å². The van der Waals surface area contributed by atoms with Gasteiger partial charge in [0.2, 0.25) is 5.91 Å². The molecule has 2 aromatic rings. The minimum Gasteiger partial charge on any atom is -0.380 e. The maximum Gasteiger partial charge on any atom is 0.228 e. The van der Waals surface area contributed by atoms with Crippen LogP contribution in [0.1, 0.15) is 35.0 Å². The Kier molecular flexibility index (Phi) is 4.41. The molecule has 1 aliphatic carbocycles. The van der Waals surface area contributed by atoms with E-state index in [0.29, 0.717) is 19.6 Å². The number of thiophene rings is 1. The van der Waals surface area contributed by atoms with Crippen LogP contribution in [0, 0.1) is 5.92 Å². The molecule has 0 saturated heterocycles. The summed E-state index contributed by atoms with van der Waals surface area (Å²) in [7, 11) is 2.03. The molecule has 0 spiro atoms. The van der Waals surface area contributed by atoms with E-state index in [2.05, 4.69) is 9.55 Å². The van der Waals surface area contributed by atoms with Crippen molar-refractivity contribution in [2.45, 2.75) is 31.7 Å². The summed E-state index contributed by atoms with van der Waals surface area (Å²) in [5.41, 5.74) is 2.24. The molecule has 3 heterocycles. The molecule has 4 rings (SSSR count). The van der Waals surface area contributed by atoms with E-state index in [4.69, 9.17) is 4.74 Å². The number of hydrogen-bond acceptors (Lipinski definition) is 4. The number of carbonyl (C=O) groups is 1. The predicted molar refractivity (Wildman–Crippen MR) is 92.9 cm³/mol. The number of aryl methyl sites for hydroxylation is 1. The van der Waals surface area contributed by atoms with Crippen LogP contribution in [0.15, 0.2) is 23.8 Å². The maximum absolute atomic E-state index is 12.7. The molecule has 1 aliphatic heterocycles. The number of imidazole rings is 1. The third-order valence-corrected chi connectivity index (χ3v) is 5.73. The number of amides is 1. The van der Waals surface area contributed by atoms with Crippen molar-refractivity contribution in [3.8, 4) is 0 Å². The average molecular weight is 345 g/mol. The Labute approximate surface area is 146 Å². The summed E-state index contributed by atoms with van der Waals surface area (Å²) >= 11 is 1.64. The third kappa shape index (κ3) is 3.39. The molecule has 0 unspecified atom stereocenters. The van der Waals surface area contributed by atoms with Crippen molar-refractivity contribution < 1.29 is 9.53 Å². The van der Waals surface area contributed by atoms with E-state index in [1.54, 1.807) is 11.3 Å². The van der Waals surface area contributed by atoms with E-state index in [9.17, 15) is 4.79 Å². The van der Waals surface area contributed by atoms with Crippen LogP contribution in [-0.2, 0) is 29.5 Å². The van der Waals surface area contributed by atoms with Gasteiger partial charge in [-0.1, -0.05) is 6.07 Å². The fraction of sp³-hybridized carbons (Fsp3) is 0.556. The third-order valence-electron chi connectivity index (χ3n) is 4.86. The van der Waals surface area contributed by atoms with Gasteiger partial charge in [0.25, 0.3) is 0 Å². The molecular weight excluding hydrogens is 322 g/mol. The van der Waals surface area contributed by atoms with Gasteiger partial charge in [-0.2, -0.15) is 0 Å². The maximum atomic E-state index is 12.7. The highest BCUT2D eigenvalue weighted by molar-refractivity contribution is 7.10. The number of carbonyl (C=O) groups excluding carboxylic acids is 1. The van der Waals surface area contributed by atoms with E-state index in [1.807, 2.05) is 35.8 Å². The largest absolute Gasteiger partial charge is 0.380 e. The van der Waals surface area contributed by atoms with Crippen molar-refractivity contribution in [2.75, 3.05) is 19.8 Å². The van der Waals surface area contributed by atoms with Crippen LogP contribution < -0.4 is 0 Å². The van der Waals surface area contributed by atoms with Crippen LogP contribution >= 0.6 is 11.3 Å². The van der Waals surface area contributed by atoms with Crippen LogP contribution in [0.3, 0.4) is 0 Å². The van der Waals surface area contributed by atoms with Gasteiger partial charge < -0.3 is 14.2 Å². The summed E-state index contributed by atoms with van der Waals surface area (Å²) in [6, 6.07) is 4.02. The SMILES string of the molecule is Cn1cnc2c1[C@H](COCC1CC1)CN(C(=O)Cc1cccs1)C2. The van der Waals surface area contributed by atoms with Crippen molar-refractivity contribution in [1.29, 1.82) is 0 Å². The normalized spacial score (nSPS) is 20.2. The van der Waals surface area contributed by atoms with Gasteiger partial charge >= 0.3 is 0 Å². The quantitative estimate of drug-likeness (QED) is 0.808. The number of aromatic nitrogens is 2. The summed E-state index contributed by atoms with van der Waals surface area (Å²) in [5, 5.41) is 2.02. The molecule has 6 heteroatoms. The average Bonchev–Trinajstić information content (AvgIpc) is 3.10. The molecule has 0 bridgehead atoms. The highest BCUT2D eigenvalue weighted by atomic mass is 32.1. The van der Waals surface area contributed by atoms with Gasteiger partial charge in [0.1, 0.15) is 0 Å². The van der Waals surface area contributed by atoms with Crippen molar-refractivity contribution in [3.63, 3.8) is 0 Å². The molecule has 1 fully saturated rings. The summed E-state index contributed by atoms with van der Waals surface area (Å²) in [5.74, 6) is 1.16. The minimum absolute atomic E-state index is 0.181. The molecule has 0 N–H and O–H groups in total. The van der Waals surface area contributed by atoms with Crippen LogP contribution in [0.25, 0.3) is 0 Å². The molecule has 1 atom stereocenters. The zero-order valence-corrected chi connectivity index (χ0v) is 14.8. The fourth-order valence-corrected chi connectivity index (χ4v) is 4.08. The number of hydrogen-bond donors (Lipinski definition) is 0. The lowest BCUT2D eigenvalue weighted by molar-refractivity contribution is -0.132. The first-order chi connectivity index (χ1) is 11.7. The van der Waals surface area contributed by atoms with E-state index in [0.717, 1.165) is 29.6 Å². The Morgan fingerprint density at radius 1 is 1.42 bits per heavy atom. The fourth-order valence-electron chi connectivity index (χ4n) is 3.39. The standard InChI is InChI=1S/C18H23N3O2S/c1-20-12-19-16-9-21(17(22)7-15-3-2-6-24-15)8-14(18(16)20)11-23-10-13-4-5-13/h2-3,6,12-14H,4-5,7-11H2,1H3/t14-/m0/s1. The molecule has 1 amide bonds. The lowest BCUT2D eigenvalue weighted by Crippen LogP contribution is -2.41. The van der Waals surface area contributed by atoms with Gasteiger partial charge in [0.15, 0.2) is 0 Å². The van der Waals surface area contributed by atoms with Gasteiger partial charge in [-0.25, -0.2) is 4.98 Å². The summed E-state index contributed by atoms with van der Waals surface area (Å²) in [6.07, 6.45) is 4.93. The van der Waals surface area contributed by atoms with Crippen molar-refractivity contribution in [3.05, 3.63) is 40.1 Å². The highest BCUT2D eigenvalue weighted by Crippen LogP contribution is 2.31. The van der Waals surface area contributed by atoms with Crippen LogP contribution in [0.4, 0.5) is 0 Å². The molecule has 0 aromatic carbocycles. The second-order valence-corrected chi connectivity index (χ2v) is 7.93. The lowest BCUT2D eigenvalue weighted by Gasteiger charge is -2.33. The Morgan fingerprint density at radius 3 is 3.04 bits per heavy atom. The first-order valence-corrected chi connectivity index (χ1v) is 9.46. The molecular formula is C18H23N3O2S. The Balaban J connectivity index is 1.45. The zero-order valence-electron chi connectivity index (χ0n) is 14.0. The highest BCUT2D eigenvalue weighted by Gasteiger charge is 2.32. The van der Waals surface area contributed by atoms with Gasteiger partial charge in [0, 0.05) is 36.7 Å². The Hall–Kier alpha value is -1.66. The molecule has 1 saturated carbocycles. The topological polar surface area (TPSA) is 47.4 Å². The van der Waals surface area contributed by atoms with Crippen LogP contribution in [-0.4, -0.2) is 40.1 Å². The number of fused-ring (bicyclic) bond motifs is 1. The van der Waals surface area contributed by atoms with Gasteiger partial charge in [-0.15, -0.1) is 11.3 Å². The van der Waals surface area contributed by atoms with Crippen molar-refractivity contribution in [1.82, 2.24) is 14.5 Å². The molecule has 5 nitrogen and oxygen atoms in total. The first kappa shape index (κ1) is 15.8. The molecule has 128 valence electrons. The summed E-state index contributed by atoms with van der Waals surface area (Å²) in [4.78, 5) is 20.2. The van der Waals surface area contributed by atoms with E-state index in [-0.39, 0.29) is 11.8 Å².